The van der Waals surface area contributed by atoms with Crippen molar-refractivity contribution in [1.29, 1.82) is 0 Å². The van der Waals surface area contributed by atoms with Crippen LogP contribution in [0.25, 0.3) is 0 Å². The van der Waals surface area contributed by atoms with Gasteiger partial charge < -0.3 is 15.2 Å². The van der Waals surface area contributed by atoms with Crippen LogP contribution in [0.15, 0.2) is 0 Å². The number of aliphatic hydroxyl groups excluding tert-OH is 1. The van der Waals surface area contributed by atoms with Crippen LogP contribution in [0.1, 0.15) is 32.6 Å². The van der Waals surface area contributed by atoms with Crippen LogP contribution in [0.2, 0.25) is 5.28 Å². The van der Waals surface area contributed by atoms with Crippen molar-refractivity contribution in [2.24, 2.45) is 5.41 Å². The number of anilines is 1. The number of ether oxygens (including phenoxy) is 1. The van der Waals surface area contributed by atoms with Crippen LogP contribution in [-0.2, 0) is 0 Å². The SMILES string of the molecule is CCOc1nc(Cl)nc(NCC2(CO)CCCC2)n1. The van der Waals surface area contributed by atoms with Gasteiger partial charge in [0, 0.05) is 12.0 Å². The van der Waals surface area contributed by atoms with Gasteiger partial charge in [-0.05, 0) is 31.4 Å². The highest BCUT2D eigenvalue weighted by Crippen LogP contribution is 2.37. The van der Waals surface area contributed by atoms with Crippen molar-refractivity contribution < 1.29 is 9.84 Å². The van der Waals surface area contributed by atoms with Crippen molar-refractivity contribution in [1.82, 2.24) is 15.0 Å². The van der Waals surface area contributed by atoms with Gasteiger partial charge in [0.25, 0.3) is 0 Å². The monoisotopic (exact) mass is 286 g/mol. The third-order valence-corrected chi connectivity index (χ3v) is 3.65. The van der Waals surface area contributed by atoms with Gasteiger partial charge in [0.15, 0.2) is 0 Å². The van der Waals surface area contributed by atoms with E-state index in [2.05, 4.69) is 20.3 Å². The molecule has 0 saturated heterocycles. The maximum atomic E-state index is 9.54. The summed E-state index contributed by atoms with van der Waals surface area (Å²) in [5.74, 6) is 0.392. The fraction of sp³-hybridized carbons (Fsp3) is 0.750. The topological polar surface area (TPSA) is 80.2 Å². The van der Waals surface area contributed by atoms with Gasteiger partial charge in [0.1, 0.15) is 0 Å². The third-order valence-electron chi connectivity index (χ3n) is 3.48. The Labute approximate surface area is 117 Å². The van der Waals surface area contributed by atoms with Crippen LogP contribution < -0.4 is 10.1 Å². The van der Waals surface area contributed by atoms with Gasteiger partial charge in [0.05, 0.1) is 13.2 Å². The third kappa shape index (κ3) is 3.67. The van der Waals surface area contributed by atoms with Crippen molar-refractivity contribution in [2.75, 3.05) is 25.1 Å². The number of hydrogen-bond donors (Lipinski definition) is 2. The zero-order valence-electron chi connectivity index (χ0n) is 11.0. The summed E-state index contributed by atoms with van der Waals surface area (Å²) in [5, 5.41) is 12.8. The maximum absolute atomic E-state index is 9.54. The first-order valence-electron chi connectivity index (χ1n) is 6.56. The number of aliphatic hydroxyl groups is 1. The van der Waals surface area contributed by atoms with Crippen LogP contribution >= 0.6 is 11.6 Å². The summed E-state index contributed by atoms with van der Waals surface area (Å²) in [6.45, 7) is 3.14. The largest absolute Gasteiger partial charge is 0.464 e. The minimum atomic E-state index is -0.0646. The number of halogens is 1. The predicted octanol–water partition coefficient (Wildman–Crippen LogP) is 1.89. The number of nitrogens with zero attached hydrogens (tertiary/aromatic N) is 3. The molecule has 2 rings (SSSR count). The second kappa shape index (κ2) is 6.34. The maximum Gasteiger partial charge on any atom is 0.322 e. The summed E-state index contributed by atoms with van der Waals surface area (Å²) in [6.07, 6.45) is 4.36. The lowest BCUT2D eigenvalue weighted by Gasteiger charge is -2.26. The molecule has 106 valence electrons. The number of nitrogens with one attached hydrogen (secondary N) is 1. The highest BCUT2D eigenvalue weighted by molar-refractivity contribution is 6.28. The van der Waals surface area contributed by atoms with Crippen LogP contribution in [0.3, 0.4) is 0 Å². The Bertz CT molecular complexity index is 424. The van der Waals surface area contributed by atoms with E-state index in [0.29, 0.717) is 19.1 Å². The summed E-state index contributed by atoms with van der Waals surface area (Å²) >= 11 is 5.82. The molecule has 0 atom stereocenters. The standard InChI is InChI=1S/C12H19ClN4O2/c1-2-19-11-16-9(13)15-10(17-11)14-7-12(8-18)5-3-4-6-12/h18H,2-8H2,1H3,(H,14,15,16,17). The normalized spacial score (nSPS) is 17.4. The molecule has 1 fully saturated rings. The van der Waals surface area contributed by atoms with Gasteiger partial charge in [-0.2, -0.15) is 15.0 Å². The molecule has 0 spiro atoms. The first-order chi connectivity index (χ1) is 9.17. The van der Waals surface area contributed by atoms with Gasteiger partial charge in [-0.15, -0.1) is 0 Å². The molecule has 0 unspecified atom stereocenters. The van der Waals surface area contributed by atoms with Gasteiger partial charge >= 0.3 is 6.01 Å². The molecule has 1 aliphatic carbocycles. The van der Waals surface area contributed by atoms with Crippen LogP contribution in [0.5, 0.6) is 6.01 Å². The Balaban J connectivity index is 2.02. The molecule has 2 N–H and O–H groups in total. The quantitative estimate of drug-likeness (QED) is 0.831. The zero-order chi connectivity index (χ0) is 13.7. The first kappa shape index (κ1) is 14.3. The fourth-order valence-corrected chi connectivity index (χ4v) is 2.54. The highest BCUT2D eigenvalue weighted by Gasteiger charge is 2.33. The highest BCUT2D eigenvalue weighted by atomic mass is 35.5. The molecule has 19 heavy (non-hydrogen) atoms. The summed E-state index contributed by atoms with van der Waals surface area (Å²) in [6, 6.07) is 0.217. The summed E-state index contributed by atoms with van der Waals surface area (Å²) in [7, 11) is 0. The molecule has 6 nitrogen and oxygen atoms in total. The molecule has 1 heterocycles. The van der Waals surface area contributed by atoms with Crippen molar-refractivity contribution in [3.8, 4) is 6.01 Å². The molecular formula is C12H19ClN4O2. The van der Waals surface area contributed by atoms with Crippen molar-refractivity contribution in [3.63, 3.8) is 0 Å². The van der Waals surface area contributed by atoms with E-state index in [1.54, 1.807) is 0 Å². The van der Waals surface area contributed by atoms with Gasteiger partial charge in [-0.3, -0.25) is 0 Å². The molecule has 1 aliphatic rings. The molecule has 0 aromatic carbocycles. The molecule has 0 bridgehead atoms. The van der Waals surface area contributed by atoms with E-state index in [4.69, 9.17) is 16.3 Å². The van der Waals surface area contributed by atoms with E-state index in [1.807, 2.05) is 6.92 Å². The van der Waals surface area contributed by atoms with E-state index in [0.717, 1.165) is 25.7 Å². The number of aromatic nitrogens is 3. The smallest absolute Gasteiger partial charge is 0.322 e. The van der Waals surface area contributed by atoms with E-state index >= 15 is 0 Å². The van der Waals surface area contributed by atoms with E-state index in [1.165, 1.54) is 0 Å². The van der Waals surface area contributed by atoms with E-state index in [9.17, 15) is 5.11 Å². The Morgan fingerprint density at radius 3 is 2.68 bits per heavy atom. The second-order valence-electron chi connectivity index (χ2n) is 4.86. The second-order valence-corrected chi connectivity index (χ2v) is 5.20. The lowest BCUT2D eigenvalue weighted by molar-refractivity contribution is 0.142. The van der Waals surface area contributed by atoms with Crippen molar-refractivity contribution in [3.05, 3.63) is 5.28 Å². The van der Waals surface area contributed by atoms with Gasteiger partial charge in [0.2, 0.25) is 11.2 Å². The molecule has 0 amide bonds. The lowest BCUT2D eigenvalue weighted by atomic mass is 9.87. The lowest BCUT2D eigenvalue weighted by Crippen LogP contribution is -2.31. The Morgan fingerprint density at radius 2 is 2.05 bits per heavy atom. The van der Waals surface area contributed by atoms with Crippen LogP contribution in [0, 0.1) is 5.41 Å². The molecular weight excluding hydrogens is 268 g/mol. The molecule has 1 aromatic heterocycles. The Hall–Kier alpha value is -1.14. The minimum absolute atomic E-state index is 0.0646. The van der Waals surface area contributed by atoms with Gasteiger partial charge in [-0.1, -0.05) is 12.8 Å². The molecule has 7 heteroatoms. The Morgan fingerprint density at radius 1 is 1.32 bits per heavy atom. The zero-order valence-corrected chi connectivity index (χ0v) is 11.8. The average Bonchev–Trinajstić information content (AvgIpc) is 2.86. The summed E-state index contributed by atoms with van der Waals surface area (Å²) < 4.78 is 5.21. The van der Waals surface area contributed by atoms with Crippen molar-refractivity contribution in [2.45, 2.75) is 32.6 Å². The van der Waals surface area contributed by atoms with Crippen molar-refractivity contribution >= 4 is 17.5 Å². The average molecular weight is 287 g/mol. The molecule has 1 aromatic rings. The Kier molecular flexibility index (Phi) is 4.76. The van der Waals surface area contributed by atoms with E-state index in [-0.39, 0.29) is 23.3 Å². The summed E-state index contributed by atoms with van der Waals surface area (Å²) in [5.41, 5.74) is -0.0646. The summed E-state index contributed by atoms with van der Waals surface area (Å²) in [4.78, 5) is 12.0. The number of hydrogen-bond acceptors (Lipinski definition) is 6. The minimum Gasteiger partial charge on any atom is -0.464 e. The molecule has 1 saturated carbocycles. The molecule has 0 radical (unpaired) electrons. The van der Waals surface area contributed by atoms with Crippen LogP contribution in [-0.4, -0.2) is 39.8 Å². The fourth-order valence-electron chi connectivity index (χ4n) is 2.39. The predicted molar refractivity (Wildman–Crippen MR) is 72.5 cm³/mol. The van der Waals surface area contributed by atoms with Crippen LogP contribution in [0.4, 0.5) is 5.95 Å². The van der Waals surface area contributed by atoms with Gasteiger partial charge in [-0.25, -0.2) is 0 Å². The van der Waals surface area contributed by atoms with E-state index < -0.39 is 0 Å². The first-order valence-corrected chi connectivity index (χ1v) is 6.94. The number of rotatable bonds is 6. The molecule has 0 aliphatic heterocycles.